The van der Waals surface area contributed by atoms with Crippen LogP contribution in [0.15, 0.2) is 36.9 Å². The summed E-state index contributed by atoms with van der Waals surface area (Å²) in [7, 11) is 0. The van der Waals surface area contributed by atoms with E-state index in [1.807, 2.05) is 12.1 Å². The summed E-state index contributed by atoms with van der Waals surface area (Å²) in [4.78, 5) is 15.5. The van der Waals surface area contributed by atoms with Crippen LogP contribution in [0.5, 0.6) is 0 Å². The third kappa shape index (κ3) is 2.14. The van der Waals surface area contributed by atoms with Crippen LogP contribution in [0.25, 0.3) is 5.69 Å². The summed E-state index contributed by atoms with van der Waals surface area (Å²) in [5.74, 6) is 0.0458. The van der Waals surface area contributed by atoms with Crippen molar-refractivity contribution in [3.63, 3.8) is 0 Å². The maximum absolute atomic E-state index is 11.6. The van der Waals surface area contributed by atoms with E-state index in [-0.39, 0.29) is 5.78 Å². The molecule has 0 atom stereocenters. The SMILES string of the molecule is NCCC(=O)c1cccc(-n2cncn2)c1. The molecule has 2 N–H and O–H groups in total. The highest BCUT2D eigenvalue weighted by atomic mass is 16.1. The summed E-state index contributed by atoms with van der Waals surface area (Å²) in [6, 6.07) is 7.25. The number of Topliss-reactive ketones (excluding diaryl/α,β-unsaturated/α-hetero) is 1. The minimum atomic E-state index is 0.0458. The number of hydrogen-bond acceptors (Lipinski definition) is 4. The van der Waals surface area contributed by atoms with E-state index in [2.05, 4.69) is 10.1 Å². The maximum Gasteiger partial charge on any atom is 0.164 e. The number of carbonyl (C=O) groups is 1. The van der Waals surface area contributed by atoms with Gasteiger partial charge in [-0.2, -0.15) is 5.10 Å². The van der Waals surface area contributed by atoms with Crippen LogP contribution in [0, 0.1) is 0 Å². The van der Waals surface area contributed by atoms with Gasteiger partial charge >= 0.3 is 0 Å². The van der Waals surface area contributed by atoms with Gasteiger partial charge in [0.2, 0.25) is 0 Å². The first-order valence-corrected chi connectivity index (χ1v) is 4.99. The van der Waals surface area contributed by atoms with Gasteiger partial charge in [-0.3, -0.25) is 4.79 Å². The van der Waals surface area contributed by atoms with Crippen LogP contribution < -0.4 is 5.73 Å². The van der Waals surface area contributed by atoms with Crippen LogP contribution >= 0.6 is 0 Å². The minimum absolute atomic E-state index is 0.0458. The Kier molecular flexibility index (Phi) is 3.07. The number of hydrogen-bond donors (Lipinski definition) is 1. The molecule has 0 fully saturated rings. The van der Waals surface area contributed by atoms with Crippen molar-refractivity contribution in [3.8, 4) is 5.69 Å². The molecule has 0 amide bonds. The minimum Gasteiger partial charge on any atom is -0.330 e. The third-order valence-electron chi connectivity index (χ3n) is 2.22. The fourth-order valence-corrected chi connectivity index (χ4v) is 1.44. The van der Waals surface area contributed by atoms with Crippen molar-refractivity contribution in [2.75, 3.05) is 6.54 Å². The van der Waals surface area contributed by atoms with Gasteiger partial charge in [-0.25, -0.2) is 9.67 Å². The second-order valence-electron chi connectivity index (χ2n) is 3.35. The van der Waals surface area contributed by atoms with Crippen LogP contribution in [-0.2, 0) is 0 Å². The van der Waals surface area contributed by atoms with Crippen molar-refractivity contribution in [2.24, 2.45) is 5.73 Å². The Morgan fingerprint density at radius 3 is 3.00 bits per heavy atom. The van der Waals surface area contributed by atoms with Crippen molar-refractivity contribution >= 4 is 5.78 Å². The number of rotatable bonds is 4. The summed E-state index contributed by atoms with van der Waals surface area (Å²) >= 11 is 0. The average Bonchev–Trinajstić information content (AvgIpc) is 2.83. The Bertz CT molecular complexity index is 478. The van der Waals surface area contributed by atoms with Crippen molar-refractivity contribution in [3.05, 3.63) is 42.5 Å². The summed E-state index contributed by atoms with van der Waals surface area (Å²) in [6.45, 7) is 0.367. The van der Waals surface area contributed by atoms with Crippen molar-refractivity contribution in [2.45, 2.75) is 6.42 Å². The summed E-state index contributed by atoms with van der Waals surface area (Å²) in [5, 5.41) is 4.00. The Morgan fingerprint density at radius 2 is 2.31 bits per heavy atom. The molecule has 2 rings (SSSR count). The number of ketones is 1. The molecule has 0 unspecified atom stereocenters. The summed E-state index contributed by atoms with van der Waals surface area (Å²) in [5.41, 5.74) is 6.82. The summed E-state index contributed by atoms with van der Waals surface area (Å²) in [6.07, 6.45) is 3.40. The molecule has 5 nitrogen and oxygen atoms in total. The maximum atomic E-state index is 11.6. The highest BCUT2D eigenvalue weighted by Crippen LogP contribution is 2.10. The smallest absolute Gasteiger partial charge is 0.164 e. The first-order valence-electron chi connectivity index (χ1n) is 4.99. The number of aromatic nitrogens is 3. The standard InChI is InChI=1S/C11H12N4O/c12-5-4-11(16)9-2-1-3-10(6-9)15-8-13-7-14-15/h1-3,6-8H,4-5,12H2. The van der Waals surface area contributed by atoms with Crippen LogP contribution in [0.2, 0.25) is 0 Å². The van der Waals surface area contributed by atoms with Gasteiger partial charge in [0, 0.05) is 12.0 Å². The van der Waals surface area contributed by atoms with Gasteiger partial charge in [0.05, 0.1) is 5.69 Å². The van der Waals surface area contributed by atoms with E-state index in [0.717, 1.165) is 5.69 Å². The fraction of sp³-hybridized carbons (Fsp3) is 0.182. The number of nitrogens with two attached hydrogens (primary N) is 1. The molecule has 16 heavy (non-hydrogen) atoms. The van der Waals surface area contributed by atoms with E-state index in [0.29, 0.717) is 18.5 Å². The average molecular weight is 216 g/mol. The molecule has 0 aliphatic carbocycles. The van der Waals surface area contributed by atoms with E-state index in [4.69, 9.17) is 5.73 Å². The topological polar surface area (TPSA) is 73.8 Å². The van der Waals surface area contributed by atoms with Crippen molar-refractivity contribution in [1.29, 1.82) is 0 Å². The van der Waals surface area contributed by atoms with Gasteiger partial charge < -0.3 is 5.73 Å². The van der Waals surface area contributed by atoms with Gasteiger partial charge in [0.25, 0.3) is 0 Å². The van der Waals surface area contributed by atoms with Crippen LogP contribution in [-0.4, -0.2) is 27.1 Å². The van der Waals surface area contributed by atoms with Crippen molar-refractivity contribution in [1.82, 2.24) is 14.8 Å². The zero-order valence-electron chi connectivity index (χ0n) is 8.71. The van der Waals surface area contributed by atoms with Gasteiger partial charge in [0.15, 0.2) is 5.78 Å². The summed E-state index contributed by atoms with van der Waals surface area (Å²) < 4.78 is 1.61. The van der Waals surface area contributed by atoms with E-state index >= 15 is 0 Å². The first kappa shape index (κ1) is 10.5. The van der Waals surface area contributed by atoms with Crippen molar-refractivity contribution < 1.29 is 4.79 Å². The predicted octanol–water partition coefficient (Wildman–Crippen LogP) is 0.799. The molecule has 2 aromatic rings. The molecule has 0 radical (unpaired) electrons. The zero-order valence-corrected chi connectivity index (χ0v) is 8.71. The molecule has 0 aliphatic rings. The first-order chi connectivity index (χ1) is 7.81. The van der Waals surface area contributed by atoms with Crippen LogP contribution in [0.4, 0.5) is 0 Å². The molecule has 0 saturated heterocycles. The van der Waals surface area contributed by atoms with E-state index in [1.54, 1.807) is 23.1 Å². The molecule has 1 aromatic heterocycles. The molecule has 1 aromatic carbocycles. The fourth-order valence-electron chi connectivity index (χ4n) is 1.44. The molecule has 0 spiro atoms. The Balaban J connectivity index is 2.30. The van der Waals surface area contributed by atoms with Gasteiger partial charge in [0.1, 0.15) is 12.7 Å². The van der Waals surface area contributed by atoms with Gasteiger partial charge in [-0.05, 0) is 18.7 Å². The number of carbonyl (C=O) groups excluding carboxylic acids is 1. The molecule has 0 bridgehead atoms. The molecule has 0 saturated carbocycles. The highest BCUT2D eigenvalue weighted by Gasteiger charge is 2.06. The molecular formula is C11H12N4O. The van der Waals surface area contributed by atoms with Crippen LogP contribution in [0.3, 0.4) is 0 Å². The highest BCUT2D eigenvalue weighted by molar-refractivity contribution is 5.96. The molecule has 0 aliphatic heterocycles. The third-order valence-corrected chi connectivity index (χ3v) is 2.22. The van der Waals surface area contributed by atoms with Crippen LogP contribution in [0.1, 0.15) is 16.8 Å². The normalized spacial score (nSPS) is 10.3. The lowest BCUT2D eigenvalue weighted by atomic mass is 10.1. The molecule has 1 heterocycles. The van der Waals surface area contributed by atoms with E-state index in [1.165, 1.54) is 6.33 Å². The van der Waals surface area contributed by atoms with E-state index < -0.39 is 0 Å². The lowest BCUT2D eigenvalue weighted by Crippen LogP contribution is -2.08. The quantitative estimate of drug-likeness (QED) is 0.767. The monoisotopic (exact) mass is 216 g/mol. The second kappa shape index (κ2) is 4.67. The second-order valence-corrected chi connectivity index (χ2v) is 3.35. The predicted molar refractivity (Wildman–Crippen MR) is 59.4 cm³/mol. The zero-order chi connectivity index (χ0) is 11.4. The van der Waals surface area contributed by atoms with Gasteiger partial charge in [-0.1, -0.05) is 12.1 Å². The number of benzene rings is 1. The Morgan fingerprint density at radius 1 is 1.44 bits per heavy atom. The number of nitrogens with zero attached hydrogens (tertiary/aromatic N) is 3. The molecule has 5 heteroatoms. The molecule has 82 valence electrons. The molecular weight excluding hydrogens is 204 g/mol. The van der Waals surface area contributed by atoms with Gasteiger partial charge in [-0.15, -0.1) is 0 Å². The largest absolute Gasteiger partial charge is 0.330 e. The lowest BCUT2D eigenvalue weighted by Gasteiger charge is -2.03. The lowest BCUT2D eigenvalue weighted by molar-refractivity contribution is 0.0985. The Hall–Kier alpha value is -2.01. The Labute approximate surface area is 92.9 Å². The van der Waals surface area contributed by atoms with E-state index in [9.17, 15) is 4.79 Å².